The van der Waals surface area contributed by atoms with E-state index in [2.05, 4.69) is 48.7 Å². The largest absolute Gasteiger partial charge is 0.367 e. The van der Waals surface area contributed by atoms with Crippen LogP contribution in [0.1, 0.15) is 37.1 Å². The van der Waals surface area contributed by atoms with E-state index in [4.69, 9.17) is 24.4 Å². The van der Waals surface area contributed by atoms with Gasteiger partial charge in [0.2, 0.25) is 0 Å². The molecule has 0 saturated heterocycles. The molecule has 2 nitrogen and oxygen atoms in total. The van der Waals surface area contributed by atoms with Crippen LogP contribution in [-0.4, -0.2) is 9.98 Å². The first-order valence-electron chi connectivity index (χ1n) is 7.29. The van der Waals surface area contributed by atoms with Crippen LogP contribution in [0.2, 0.25) is 0 Å². The zero-order valence-corrected chi connectivity index (χ0v) is 14.4. The van der Waals surface area contributed by atoms with E-state index in [1.807, 2.05) is 36.4 Å². The van der Waals surface area contributed by atoms with Crippen LogP contribution in [0.15, 0.2) is 60.7 Å². The van der Waals surface area contributed by atoms with Gasteiger partial charge in [-0.15, -0.1) is 0 Å². The van der Waals surface area contributed by atoms with Gasteiger partial charge in [-0.05, 0) is 25.0 Å². The third kappa shape index (κ3) is 4.61. The highest BCUT2D eigenvalue weighted by atomic mass is 32.1. The summed E-state index contributed by atoms with van der Waals surface area (Å²) in [6.45, 7) is 4.15. The Bertz CT molecular complexity index is 569. The summed E-state index contributed by atoms with van der Waals surface area (Å²) in [4.78, 5) is 1.16. The fraction of sp³-hybridized carbons (Fsp3) is 0.222. The van der Waals surface area contributed by atoms with Crippen molar-refractivity contribution < 1.29 is 0 Å². The van der Waals surface area contributed by atoms with Crippen molar-refractivity contribution in [3.63, 3.8) is 0 Å². The first-order chi connectivity index (χ1) is 10.6. The van der Waals surface area contributed by atoms with Gasteiger partial charge in [0.25, 0.3) is 0 Å². The lowest BCUT2D eigenvalue weighted by molar-refractivity contribution is 0.710. The molecule has 0 radical (unpaired) electrons. The highest BCUT2D eigenvalue weighted by Crippen LogP contribution is 2.13. The van der Waals surface area contributed by atoms with Gasteiger partial charge in [0.1, 0.15) is 9.98 Å². The molecule has 114 valence electrons. The molecule has 0 spiro atoms. The molecular weight excluding hydrogens is 308 g/mol. The second-order valence-electron chi connectivity index (χ2n) is 5.21. The van der Waals surface area contributed by atoms with Gasteiger partial charge in [0.15, 0.2) is 0 Å². The minimum Gasteiger partial charge on any atom is -0.367 e. The van der Waals surface area contributed by atoms with Crippen molar-refractivity contribution in [1.82, 2.24) is 10.6 Å². The van der Waals surface area contributed by atoms with Crippen LogP contribution in [0.3, 0.4) is 0 Å². The predicted octanol–water partition coefficient (Wildman–Crippen LogP) is 4.34. The molecule has 2 rings (SSSR count). The molecular formula is C18H20N2S2. The van der Waals surface area contributed by atoms with Crippen molar-refractivity contribution in [2.45, 2.75) is 25.9 Å². The van der Waals surface area contributed by atoms with Crippen LogP contribution < -0.4 is 10.6 Å². The zero-order chi connectivity index (χ0) is 15.9. The smallest absolute Gasteiger partial charge is 0.134 e. The summed E-state index contributed by atoms with van der Waals surface area (Å²) in [5.41, 5.74) is 2.37. The summed E-state index contributed by atoms with van der Waals surface area (Å²) < 4.78 is 0. The summed E-state index contributed by atoms with van der Waals surface area (Å²) in [5.74, 6) is 0. The number of hydrogen-bond acceptors (Lipinski definition) is 2. The standard InChI is InChI=1S/C18H20N2S2/c1-13(15-9-5-3-6-10-15)19-17(21)18(22)20-14(2)16-11-7-4-8-12-16/h3-14H,1-2H3,(H,19,21)(H,20,22). The number of nitrogens with one attached hydrogen (secondary N) is 2. The van der Waals surface area contributed by atoms with Crippen LogP contribution >= 0.6 is 24.4 Å². The second kappa shape index (κ2) is 8.01. The molecule has 0 saturated carbocycles. The Labute approximate surface area is 142 Å². The molecule has 2 aromatic rings. The monoisotopic (exact) mass is 328 g/mol. The zero-order valence-electron chi connectivity index (χ0n) is 12.7. The third-order valence-corrected chi connectivity index (χ3v) is 4.27. The average molecular weight is 329 g/mol. The molecule has 0 heterocycles. The average Bonchev–Trinajstić information content (AvgIpc) is 2.56. The maximum atomic E-state index is 5.41. The van der Waals surface area contributed by atoms with Gasteiger partial charge >= 0.3 is 0 Å². The molecule has 0 aliphatic heterocycles. The van der Waals surface area contributed by atoms with Gasteiger partial charge in [-0.1, -0.05) is 85.1 Å². The first kappa shape index (κ1) is 16.6. The van der Waals surface area contributed by atoms with E-state index in [1.54, 1.807) is 0 Å². The molecule has 0 amide bonds. The van der Waals surface area contributed by atoms with Gasteiger partial charge in [-0.25, -0.2) is 0 Å². The molecule has 0 bridgehead atoms. The summed E-state index contributed by atoms with van der Waals surface area (Å²) in [6, 6.07) is 20.6. The van der Waals surface area contributed by atoms with E-state index in [-0.39, 0.29) is 12.1 Å². The maximum absolute atomic E-state index is 5.41. The van der Waals surface area contributed by atoms with Gasteiger partial charge in [-0.2, -0.15) is 0 Å². The van der Waals surface area contributed by atoms with E-state index in [1.165, 1.54) is 11.1 Å². The molecule has 0 fully saturated rings. The topological polar surface area (TPSA) is 24.1 Å². The van der Waals surface area contributed by atoms with Crippen molar-refractivity contribution in [2.24, 2.45) is 0 Å². The van der Waals surface area contributed by atoms with Crippen LogP contribution in [0, 0.1) is 0 Å². The molecule has 2 atom stereocenters. The van der Waals surface area contributed by atoms with Crippen LogP contribution in [0.5, 0.6) is 0 Å². The lowest BCUT2D eigenvalue weighted by Crippen LogP contribution is -2.39. The quantitative estimate of drug-likeness (QED) is 0.815. The SMILES string of the molecule is CC(NC(=S)C(=S)NC(C)c1ccccc1)c1ccccc1. The van der Waals surface area contributed by atoms with E-state index in [0.29, 0.717) is 9.98 Å². The Morgan fingerprint density at radius 3 is 1.32 bits per heavy atom. The number of benzene rings is 2. The lowest BCUT2D eigenvalue weighted by Gasteiger charge is -2.20. The summed E-state index contributed by atoms with van der Waals surface area (Å²) >= 11 is 10.8. The van der Waals surface area contributed by atoms with Crippen LogP contribution in [-0.2, 0) is 0 Å². The maximum Gasteiger partial charge on any atom is 0.134 e. The second-order valence-corrected chi connectivity index (χ2v) is 6.03. The molecule has 2 N–H and O–H groups in total. The van der Waals surface area contributed by atoms with Crippen molar-refractivity contribution in [2.75, 3.05) is 0 Å². The lowest BCUT2D eigenvalue weighted by atomic mass is 10.1. The van der Waals surface area contributed by atoms with Crippen LogP contribution in [0.25, 0.3) is 0 Å². The number of rotatable bonds is 4. The highest BCUT2D eigenvalue weighted by molar-refractivity contribution is 7.89. The predicted molar refractivity (Wildman–Crippen MR) is 101 cm³/mol. The Hall–Kier alpha value is -1.78. The Kier molecular flexibility index (Phi) is 6.04. The molecule has 0 aliphatic carbocycles. The summed E-state index contributed by atoms with van der Waals surface area (Å²) in [6.07, 6.45) is 0. The Morgan fingerprint density at radius 1 is 0.682 bits per heavy atom. The highest BCUT2D eigenvalue weighted by Gasteiger charge is 2.13. The molecule has 2 unspecified atom stereocenters. The Balaban J connectivity index is 1.91. The minimum absolute atomic E-state index is 0.125. The molecule has 4 heteroatoms. The van der Waals surface area contributed by atoms with Crippen molar-refractivity contribution in [3.8, 4) is 0 Å². The number of hydrogen-bond donors (Lipinski definition) is 2. The molecule has 2 aromatic carbocycles. The molecule has 22 heavy (non-hydrogen) atoms. The molecule has 0 aliphatic rings. The van der Waals surface area contributed by atoms with E-state index in [0.717, 1.165) is 0 Å². The minimum atomic E-state index is 0.125. The summed E-state index contributed by atoms with van der Waals surface area (Å²) in [7, 11) is 0. The normalized spacial score (nSPS) is 13.0. The Morgan fingerprint density at radius 2 is 1.00 bits per heavy atom. The fourth-order valence-corrected chi connectivity index (χ4v) is 2.65. The van der Waals surface area contributed by atoms with Gasteiger partial charge in [0, 0.05) is 12.1 Å². The van der Waals surface area contributed by atoms with Crippen molar-refractivity contribution in [3.05, 3.63) is 71.8 Å². The van der Waals surface area contributed by atoms with Gasteiger partial charge in [-0.3, -0.25) is 0 Å². The van der Waals surface area contributed by atoms with Gasteiger partial charge < -0.3 is 10.6 Å². The van der Waals surface area contributed by atoms with Crippen LogP contribution in [0.4, 0.5) is 0 Å². The first-order valence-corrected chi connectivity index (χ1v) is 8.11. The van der Waals surface area contributed by atoms with E-state index in [9.17, 15) is 0 Å². The van der Waals surface area contributed by atoms with Crippen molar-refractivity contribution >= 4 is 34.4 Å². The number of thiocarbonyl (C=S) groups is 2. The van der Waals surface area contributed by atoms with E-state index >= 15 is 0 Å². The van der Waals surface area contributed by atoms with Gasteiger partial charge in [0.05, 0.1) is 0 Å². The van der Waals surface area contributed by atoms with E-state index < -0.39 is 0 Å². The molecule has 0 aromatic heterocycles. The summed E-state index contributed by atoms with van der Waals surface area (Å²) in [5, 5.41) is 6.56. The van der Waals surface area contributed by atoms with Crippen molar-refractivity contribution in [1.29, 1.82) is 0 Å². The fourth-order valence-electron chi connectivity index (χ4n) is 2.17. The third-order valence-electron chi connectivity index (χ3n) is 3.50.